The van der Waals surface area contributed by atoms with Crippen LogP contribution in [-0.4, -0.2) is 63.3 Å². The van der Waals surface area contributed by atoms with E-state index >= 15 is 0 Å². The SMILES string of the molecule is CN=C(NCCCCN1CCOCC1)NC(C)CCCC(C)C. The van der Waals surface area contributed by atoms with Gasteiger partial charge in [-0.2, -0.15) is 0 Å². The van der Waals surface area contributed by atoms with Crippen LogP contribution in [-0.2, 0) is 4.74 Å². The van der Waals surface area contributed by atoms with Gasteiger partial charge in [0.2, 0.25) is 0 Å². The van der Waals surface area contributed by atoms with Gasteiger partial charge in [0, 0.05) is 32.7 Å². The first-order chi connectivity index (χ1) is 11.1. The number of morpholine rings is 1. The highest BCUT2D eigenvalue weighted by molar-refractivity contribution is 5.79. The molecule has 0 aliphatic carbocycles. The van der Waals surface area contributed by atoms with Crippen molar-refractivity contribution >= 4 is 5.96 Å². The molecule has 1 unspecified atom stereocenters. The molecule has 1 aliphatic rings. The van der Waals surface area contributed by atoms with Crippen LogP contribution >= 0.6 is 0 Å². The van der Waals surface area contributed by atoms with Crippen LogP contribution in [0.3, 0.4) is 0 Å². The fraction of sp³-hybridized carbons (Fsp3) is 0.944. The number of nitrogens with zero attached hydrogens (tertiary/aromatic N) is 2. The molecule has 0 aromatic rings. The van der Waals surface area contributed by atoms with Crippen LogP contribution in [0.2, 0.25) is 0 Å². The Bertz CT molecular complexity index is 314. The van der Waals surface area contributed by atoms with E-state index < -0.39 is 0 Å². The number of guanidine groups is 1. The topological polar surface area (TPSA) is 48.9 Å². The number of hydrogen-bond acceptors (Lipinski definition) is 3. The third-order valence-electron chi connectivity index (χ3n) is 4.32. The van der Waals surface area contributed by atoms with Gasteiger partial charge in [0.05, 0.1) is 13.2 Å². The number of ether oxygens (including phenoxy) is 1. The minimum atomic E-state index is 0.480. The van der Waals surface area contributed by atoms with Gasteiger partial charge in [-0.25, -0.2) is 0 Å². The second-order valence-corrected chi connectivity index (χ2v) is 7.03. The maximum atomic E-state index is 5.37. The highest BCUT2D eigenvalue weighted by Crippen LogP contribution is 2.08. The summed E-state index contributed by atoms with van der Waals surface area (Å²) in [6.07, 6.45) is 6.20. The Morgan fingerprint density at radius 3 is 2.48 bits per heavy atom. The molecule has 136 valence electrons. The minimum absolute atomic E-state index is 0.480. The molecule has 23 heavy (non-hydrogen) atoms. The van der Waals surface area contributed by atoms with Crippen molar-refractivity contribution in [2.24, 2.45) is 10.9 Å². The van der Waals surface area contributed by atoms with Crippen molar-refractivity contribution in [1.29, 1.82) is 0 Å². The van der Waals surface area contributed by atoms with Gasteiger partial charge < -0.3 is 15.4 Å². The zero-order valence-electron chi connectivity index (χ0n) is 15.7. The van der Waals surface area contributed by atoms with Crippen LogP contribution in [0.5, 0.6) is 0 Å². The molecule has 0 radical (unpaired) electrons. The standard InChI is InChI=1S/C18H38N4O/c1-16(2)8-7-9-17(3)21-18(19-4)20-10-5-6-11-22-12-14-23-15-13-22/h16-17H,5-15H2,1-4H3,(H2,19,20,21). The average molecular weight is 327 g/mol. The van der Waals surface area contributed by atoms with Gasteiger partial charge in [-0.3, -0.25) is 9.89 Å². The first-order valence-corrected chi connectivity index (χ1v) is 9.39. The summed E-state index contributed by atoms with van der Waals surface area (Å²) in [4.78, 5) is 6.82. The predicted octanol–water partition coefficient (Wildman–Crippen LogP) is 2.48. The number of unbranched alkanes of at least 4 members (excludes halogenated alkanes) is 1. The molecule has 1 atom stereocenters. The van der Waals surface area contributed by atoms with Crippen molar-refractivity contribution in [2.45, 2.75) is 58.9 Å². The van der Waals surface area contributed by atoms with Crippen LogP contribution in [0.15, 0.2) is 4.99 Å². The van der Waals surface area contributed by atoms with E-state index in [4.69, 9.17) is 4.74 Å². The van der Waals surface area contributed by atoms with Gasteiger partial charge in [-0.05, 0) is 38.6 Å². The average Bonchev–Trinajstić information content (AvgIpc) is 2.54. The fourth-order valence-electron chi connectivity index (χ4n) is 2.82. The smallest absolute Gasteiger partial charge is 0.191 e. The molecule has 5 heteroatoms. The molecule has 1 fully saturated rings. The molecule has 2 N–H and O–H groups in total. The van der Waals surface area contributed by atoms with E-state index in [1.807, 2.05) is 7.05 Å². The number of rotatable bonds is 10. The van der Waals surface area contributed by atoms with E-state index in [1.165, 1.54) is 38.6 Å². The molecule has 1 heterocycles. The Kier molecular flexibility index (Phi) is 11.1. The third kappa shape index (κ3) is 10.6. The molecule has 0 spiro atoms. The summed E-state index contributed by atoms with van der Waals surface area (Å²) in [6.45, 7) is 12.9. The van der Waals surface area contributed by atoms with Crippen LogP contribution in [0.4, 0.5) is 0 Å². The lowest BCUT2D eigenvalue weighted by atomic mass is 10.0. The number of hydrogen-bond donors (Lipinski definition) is 2. The van der Waals surface area contributed by atoms with Crippen LogP contribution < -0.4 is 10.6 Å². The van der Waals surface area contributed by atoms with Gasteiger partial charge in [0.25, 0.3) is 0 Å². The van der Waals surface area contributed by atoms with E-state index in [9.17, 15) is 0 Å². The fourth-order valence-corrected chi connectivity index (χ4v) is 2.82. The summed E-state index contributed by atoms with van der Waals surface area (Å²) in [5.41, 5.74) is 0. The van der Waals surface area contributed by atoms with E-state index in [1.54, 1.807) is 0 Å². The highest BCUT2D eigenvalue weighted by atomic mass is 16.5. The molecule has 0 aromatic carbocycles. The Morgan fingerprint density at radius 2 is 1.83 bits per heavy atom. The van der Waals surface area contributed by atoms with Gasteiger partial charge >= 0.3 is 0 Å². The summed E-state index contributed by atoms with van der Waals surface area (Å²) >= 11 is 0. The molecule has 0 bridgehead atoms. The Hall–Kier alpha value is -0.810. The normalized spacial score (nSPS) is 18.2. The van der Waals surface area contributed by atoms with Crippen molar-refractivity contribution in [1.82, 2.24) is 15.5 Å². The minimum Gasteiger partial charge on any atom is -0.379 e. The predicted molar refractivity (Wildman–Crippen MR) is 99.1 cm³/mol. The Morgan fingerprint density at radius 1 is 1.09 bits per heavy atom. The highest BCUT2D eigenvalue weighted by Gasteiger charge is 2.09. The van der Waals surface area contributed by atoms with Gasteiger partial charge in [-0.15, -0.1) is 0 Å². The summed E-state index contributed by atoms with van der Waals surface area (Å²) in [5, 5.41) is 6.93. The summed E-state index contributed by atoms with van der Waals surface area (Å²) in [6, 6.07) is 0.480. The van der Waals surface area contributed by atoms with Crippen LogP contribution in [0, 0.1) is 5.92 Å². The number of nitrogens with one attached hydrogen (secondary N) is 2. The maximum Gasteiger partial charge on any atom is 0.191 e. The molecular weight excluding hydrogens is 288 g/mol. The van der Waals surface area contributed by atoms with E-state index in [0.29, 0.717) is 6.04 Å². The Balaban J connectivity index is 2.04. The van der Waals surface area contributed by atoms with Gasteiger partial charge in [-0.1, -0.05) is 26.7 Å². The largest absolute Gasteiger partial charge is 0.379 e. The molecule has 0 saturated carbocycles. The summed E-state index contributed by atoms with van der Waals surface area (Å²) in [7, 11) is 1.85. The molecule has 0 aromatic heterocycles. The van der Waals surface area contributed by atoms with Crippen molar-refractivity contribution in [3.05, 3.63) is 0 Å². The summed E-state index contributed by atoms with van der Waals surface area (Å²) < 4.78 is 5.37. The van der Waals surface area contributed by atoms with E-state index in [0.717, 1.165) is 44.7 Å². The van der Waals surface area contributed by atoms with Crippen LogP contribution in [0.1, 0.15) is 52.9 Å². The first kappa shape index (κ1) is 20.2. The molecule has 1 aliphatic heterocycles. The molecule has 1 saturated heterocycles. The second-order valence-electron chi connectivity index (χ2n) is 7.03. The molecule has 1 rings (SSSR count). The molecular formula is C18H38N4O. The lowest BCUT2D eigenvalue weighted by Crippen LogP contribution is -2.42. The third-order valence-corrected chi connectivity index (χ3v) is 4.32. The summed E-state index contributed by atoms with van der Waals surface area (Å²) in [5.74, 6) is 1.74. The number of aliphatic imine (C=N–C) groups is 1. The van der Waals surface area contributed by atoms with Crippen molar-refractivity contribution in [3.63, 3.8) is 0 Å². The van der Waals surface area contributed by atoms with E-state index in [-0.39, 0.29) is 0 Å². The lowest BCUT2D eigenvalue weighted by Gasteiger charge is -2.26. The van der Waals surface area contributed by atoms with Crippen LogP contribution in [0.25, 0.3) is 0 Å². The molecule has 5 nitrogen and oxygen atoms in total. The second kappa shape index (κ2) is 12.6. The zero-order valence-corrected chi connectivity index (χ0v) is 15.7. The monoisotopic (exact) mass is 326 g/mol. The van der Waals surface area contributed by atoms with Gasteiger partial charge in [0.1, 0.15) is 0 Å². The van der Waals surface area contributed by atoms with Crippen molar-refractivity contribution in [3.8, 4) is 0 Å². The first-order valence-electron chi connectivity index (χ1n) is 9.39. The van der Waals surface area contributed by atoms with E-state index in [2.05, 4.69) is 41.3 Å². The maximum absolute atomic E-state index is 5.37. The Labute approximate surface area is 143 Å². The van der Waals surface area contributed by atoms with Gasteiger partial charge in [0.15, 0.2) is 5.96 Å². The van der Waals surface area contributed by atoms with Crippen molar-refractivity contribution < 1.29 is 4.74 Å². The quantitative estimate of drug-likeness (QED) is 0.368. The lowest BCUT2D eigenvalue weighted by molar-refractivity contribution is 0.0372. The zero-order chi connectivity index (χ0) is 16.9. The molecule has 0 amide bonds. The van der Waals surface area contributed by atoms with Crippen molar-refractivity contribution in [2.75, 3.05) is 46.4 Å².